The summed E-state index contributed by atoms with van der Waals surface area (Å²) < 4.78 is 12.8. The Morgan fingerprint density at radius 1 is 1.38 bits per heavy atom. The summed E-state index contributed by atoms with van der Waals surface area (Å²) in [4.78, 5) is 0. The summed E-state index contributed by atoms with van der Waals surface area (Å²) in [6.45, 7) is 0. The quantitative estimate of drug-likeness (QED) is 0.588. The van der Waals surface area contributed by atoms with Crippen molar-refractivity contribution < 1.29 is 4.39 Å². The molecule has 0 saturated carbocycles. The predicted octanol–water partition coefficient (Wildman–Crippen LogP) is 3.05. The average molecular weight is 200 g/mol. The Balaban J connectivity index is 2.77. The molecule has 1 aromatic rings. The molecule has 0 aliphatic carbocycles. The summed E-state index contributed by atoms with van der Waals surface area (Å²) in [5.41, 5.74) is 6.67. The van der Waals surface area contributed by atoms with E-state index in [-0.39, 0.29) is 5.82 Å². The molecular formula is C10H11ClFN. The minimum Gasteiger partial charge on any atom is -0.399 e. The maximum Gasteiger partial charge on any atom is 0.125 e. The largest absolute Gasteiger partial charge is 0.399 e. The maximum atomic E-state index is 12.8. The molecule has 0 heterocycles. The van der Waals surface area contributed by atoms with Crippen molar-refractivity contribution in [2.45, 2.75) is 6.42 Å². The van der Waals surface area contributed by atoms with Crippen molar-refractivity contribution in [2.24, 2.45) is 0 Å². The second kappa shape index (κ2) is 4.87. The summed E-state index contributed by atoms with van der Waals surface area (Å²) in [5.74, 6) is 0.256. The number of anilines is 1. The smallest absolute Gasteiger partial charge is 0.125 e. The number of halogens is 2. The van der Waals surface area contributed by atoms with E-state index in [1.165, 1.54) is 12.1 Å². The average Bonchev–Trinajstić information content (AvgIpc) is 2.03. The fourth-order valence-electron chi connectivity index (χ4n) is 1.01. The van der Waals surface area contributed by atoms with Gasteiger partial charge in [0.15, 0.2) is 0 Å². The van der Waals surface area contributed by atoms with Gasteiger partial charge in [-0.25, -0.2) is 4.39 Å². The first-order chi connectivity index (χ1) is 6.22. The van der Waals surface area contributed by atoms with Crippen molar-refractivity contribution in [3.63, 3.8) is 0 Å². The molecule has 0 atom stereocenters. The number of hydrogen-bond donors (Lipinski definition) is 1. The number of nitrogen functional groups attached to an aromatic ring is 1. The van der Waals surface area contributed by atoms with Gasteiger partial charge in [0, 0.05) is 11.6 Å². The van der Waals surface area contributed by atoms with Crippen molar-refractivity contribution >= 4 is 23.4 Å². The molecule has 0 bridgehead atoms. The molecule has 2 N–H and O–H groups in total. The third-order valence-corrected chi connectivity index (χ3v) is 1.75. The minimum absolute atomic E-state index is 0.314. The fourth-order valence-corrected chi connectivity index (χ4v) is 1.14. The molecule has 0 aliphatic heterocycles. The number of alkyl halides is 1. The zero-order valence-electron chi connectivity index (χ0n) is 7.13. The lowest BCUT2D eigenvalue weighted by molar-refractivity contribution is 0.628. The van der Waals surface area contributed by atoms with E-state index in [0.717, 1.165) is 12.0 Å². The zero-order valence-corrected chi connectivity index (χ0v) is 7.89. The molecule has 0 radical (unpaired) electrons. The van der Waals surface area contributed by atoms with Crippen LogP contribution in [0.15, 0.2) is 24.3 Å². The number of hydrogen-bond acceptors (Lipinski definition) is 1. The van der Waals surface area contributed by atoms with E-state index in [1.807, 2.05) is 12.2 Å². The van der Waals surface area contributed by atoms with E-state index < -0.39 is 0 Å². The van der Waals surface area contributed by atoms with Crippen LogP contribution in [-0.2, 0) is 0 Å². The molecular weight excluding hydrogens is 189 g/mol. The highest BCUT2D eigenvalue weighted by molar-refractivity contribution is 6.17. The number of nitrogens with two attached hydrogens (primary N) is 1. The second-order valence-corrected chi connectivity index (χ2v) is 3.08. The van der Waals surface area contributed by atoms with Crippen LogP contribution in [0.2, 0.25) is 0 Å². The topological polar surface area (TPSA) is 26.0 Å². The van der Waals surface area contributed by atoms with Crippen LogP contribution < -0.4 is 5.73 Å². The van der Waals surface area contributed by atoms with Gasteiger partial charge in [0.1, 0.15) is 5.82 Å². The van der Waals surface area contributed by atoms with Crippen LogP contribution in [-0.4, -0.2) is 5.88 Å². The van der Waals surface area contributed by atoms with Crippen molar-refractivity contribution in [3.8, 4) is 0 Å². The number of benzene rings is 1. The van der Waals surface area contributed by atoms with Gasteiger partial charge >= 0.3 is 0 Å². The van der Waals surface area contributed by atoms with Crippen LogP contribution in [0.25, 0.3) is 6.08 Å². The van der Waals surface area contributed by atoms with Crippen molar-refractivity contribution in [2.75, 3.05) is 11.6 Å². The van der Waals surface area contributed by atoms with Gasteiger partial charge in [-0.2, -0.15) is 0 Å². The standard InChI is InChI=1S/C10H11ClFN/c11-4-2-1-3-8-5-9(12)7-10(13)6-8/h1,3,5-7H,2,4,13H2. The minimum atomic E-state index is -0.314. The molecule has 0 saturated heterocycles. The van der Waals surface area contributed by atoms with Gasteiger partial charge in [-0.05, 0) is 30.2 Å². The Kier molecular flexibility index (Phi) is 3.77. The van der Waals surface area contributed by atoms with Gasteiger partial charge in [-0.3, -0.25) is 0 Å². The fraction of sp³-hybridized carbons (Fsp3) is 0.200. The first-order valence-electron chi connectivity index (χ1n) is 4.01. The van der Waals surface area contributed by atoms with E-state index in [4.69, 9.17) is 17.3 Å². The molecule has 1 nitrogen and oxygen atoms in total. The van der Waals surface area contributed by atoms with E-state index in [1.54, 1.807) is 6.07 Å². The lowest BCUT2D eigenvalue weighted by Gasteiger charge is -1.97. The molecule has 0 amide bonds. The van der Waals surface area contributed by atoms with Gasteiger partial charge in [0.05, 0.1) is 0 Å². The summed E-state index contributed by atoms with van der Waals surface area (Å²) in [5, 5.41) is 0. The first kappa shape index (κ1) is 10.1. The normalized spacial score (nSPS) is 10.9. The highest BCUT2D eigenvalue weighted by Gasteiger charge is 1.94. The molecule has 1 aromatic carbocycles. The van der Waals surface area contributed by atoms with Crippen LogP contribution in [0.3, 0.4) is 0 Å². The Bertz CT molecular complexity index is 290. The summed E-state index contributed by atoms with van der Waals surface area (Å²) in [6.07, 6.45) is 4.47. The highest BCUT2D eigenvalue weighted by Crippen LogP contribution is 2.12. The van der Waals surface area contributed by atoms with Gasteiger partial charge in [0.25, 0.3) is 0 Å². The van der Waals surface area contributed by atoms with Crippen LogP contribution >= 0.6 is 11.6 Å². The van der Waals surface area contributed by atoms with E-state index in [0.29, 0.717) is 11.6 Å². The maximum absolute atomic E-state index is 12.8. The van der Waals surface area contributed by atoms with Crippen molar-refractivity contribution in [1.82, 2.24) is 0 Å². The highest BCUT2D eigenvalue weighted by atomic mass is 35.5. The molecule has 0 aliphatic rings. The molecule has 0 fully saturated rings. The molecule has 0 aromatic heterocycles. The monoisotopic (exact) mass is 199 g/mol. The Morgan fingerprint density at radius 3 is 2.77 bits per heavy atom. The summed E-state index contributed by atoms with van der Waals surface area (Å²) >= 11 is 5.48. The Labute approximate surface area is 82.0 Å². The number of allylic oxidation sites excluding steroid dienone is 1. The summed E-state index contributed by atoms with van der Waals surface area (Å²) in [7, 11) is 0. The number of rotatable bonds is 3. The Hall–Kier alpha value is -1.02. The van der Waals surface area contributed by atoms with Gasteiger partial charge in [0.2, 0.25) is 0 Å². The predicted molar refractivity (Wildman–Crippen MR) is 55.2 cm³/mol. The molecule has 70 valence electrons. The van der Waals surface area contributed by atoms with Crippen molar-refractivity contribution in [3.05, 3.63) is 35.7 Å². The SMILES string of the molecule is Nc1cc(F)cc(C=CCCCl)c1. The third-order valence-electron chi connectivity index (χ3n) is 1.53. The van der Waals surface area contributed by atoms with Crippen LogP contribution in [0.1, 0.15) is 12.0 Å². The molecule has 0 spiro atoms. The zero-order chi connectivity index (χ0) is 9.68. The van der Waals surface area contributed by atoms with Crippen LogP contribution in [0.4, 0.5) is 10.1 Å². The van der Waals surface area contributed by atoms with E-state index in [9.17, 15) is 4.39 Å². The van der Waals surface area contributed by atoms with Gasteiger partial charge in [-0.15, -0.1) is 11.6 Å². The van der Waals surface area contributed by atoms with Gasteiger partial charge < -0.3 is 5.73 Å². The summed E-state index contributed by atoms with van der Waals surface area (Å²) in [6, 6.07) is 4.44. The van der Waals surface area contributed by atoms with E-state index >= 15 is 0 Å². The first-order valence-corrected chi connectivity index (χ1v) is 4.54. The second-order valence-electron chi connectivity index (χ2n) is 2.70. The molecule has 0 unspecified atom stereocenters. The molecule has 13 heavy (non-hydrogen) atoms. The molecule has 1 rings (SSSR count). The van der Waals surface area contributed by atoms with Crippen LogP contribution in [0.5, 0.6) is 0 Å². The van der Waals surface area contributed by atoms with Crippen molar-refractivity contribution in [1.29, 1.82) is 0 Å². The lowest BCUT2D eigenvalue weighted by Crippen LogP contribution is -1.87. The Morgan fingerprint density at radius 2 is 2.15 bits per heavy atom. The van der Waals surface area contributed by atoms with Gasteiger partial charge in [-0.1, -0.05) is 12.2 Å². The van der Waals surface area contributed by atoms with Crippen LogP contribution in [0, 0.1) is 5.82 Å². The lowest BCUT2D eigenvalue weighted by atomic mass is 10.2. The van der Waals surface area contributed by atoms with E-state index in [2.05, 4.69) is 0 Å². The molecule has 3 heteroatoms. The third kappa shape index (κ3) is 3.47.